The molecule has 0 unspecified atom stereocenters. The van der Waals surface area contributed by atoms with Crippen LogP contribution >= 0.6 is 12.4 Å². The molecule has 10 N–H and O–H groups in total. The maximum absolute atomic E-state index is 12.9. The van der Waals surface area contributed by atoms with Crippen LogP contribution in [0, 0.1) is 10.8 Å². The van der Waals surface area contributed by atoms with E-state index in [0.29, 0.717) is 24.9 Å². The number of anilines is 2. The number of allylic oxidation sites excluding steroid dienone is 2. The van der Waals surface area contributed by atoms with Crippen molar-refractivity contribution in [2.45, 2.75) is 136 Å². The Morgan fingerprint density at radius 1 is 0.716 bits per heavy atom. The van der Waals surface area contributed by atoms with Crippen LogP contribution in [0.5, 0.6) is 0 Å². The molecule has 404 valence electrons. The van der Waals surface area contributed by atoms with Gasteiger partial charge in [-0.25, -0.2) is 4.79 Å². The molecule has 3 aliphatic rings. The van der Waals surface area contributed by atoms with Crippen LogP contribution in [0.1, 0.15) is 72.9 Å². The molecule has 4 aromatic rings. The van der Waals surface area contributed by atoms with Gasteiger partial charge in [0.25, 0.3) is 5.91 Å². The number of fused-ring (bicyclic) bond motifs is 2. The van der Waals surface area contributed by atoms with Gasteiger partial charge >= 0.3 is 5.97 Å². The Labute approximate surface area is 441 Å². The second kappa shape index (κ2) is 28.2. The van der Waals surface area contributed by atoms with Gasteiger partial charge in [0.15, 0.2) is 18.3 Å². The predicted octanol–water partition coefficient (Wildman–Crippen LogP) is 6.30. The molecule has 0 aliphatic carbocycles. The fourth-order valence-corrected chi connectivity index (χ4v) is 8.05. The molecule has 0 spiro atoms. The van der Waals surface area contributed by atoms with Crippen LogP contribution in [0.2, 0.25) is 0 Å². The average Bonchev–Trinajstić information content (AvgIpc) is 3.44. The van der Waals surface area contributed by atoms with E-state index in [2.05, 4.69) is 34.1 Å². The van der Waals surface area contributed by atoms with E-state index in [1.165, 1.54) is 37.5 Å². The molecule has 0 radical (unpaired) electrons. The number of hydrogen-bond acceptors (Lipinski definition) is 13. The summed E-state index contributed by atoms with van der Waals surface area (Å²) in [4.78, 5) is 48.7. The number of aliphatic hydroxyl groups is 5. The Morgan fingerprint density at radius 3 is 1.68 bits per heavy atom. The van der Waals surface area contributed by atoms with Crippen LogP contribution < -0.4 is 21.7 Å². The van der Waals surface area contributed by atoms with E-state index in [0.717, 1.165) is 34.4 Å². The van der Waals surface area contributed by atoms with Crippen molar-refractivity contribution >= 4 is 47.5 Å². The summed E-state index contributed by atoms with van der Waals surface area (Å²) in [5.74, 6) is -1.88. The number of benzene rings is 4. The van der Waals surface area contributed by atoms with E-state index in [1.54, 1.807) is 12.2 Å². The SMILES string of the molecule is C.CO[C@@H](C(=O)N[C@H]1CCc2cc(-c3ccccc3)ccc2NC1=O)[C@H](O)[C@@H](O)[C@H](O)/C=C/C(C)(C)C.CO[C@H]1C(=O)O[C@@H]([C@H](O)/C=C/C(C)(C)C)[C@H]1O.Cl.N[C@H]1CCc2cc(-c3ccccc3)ccc2NC1=O. The van der Waals surface area contributed by atoms with Gasteiger partial charge in [-0.15, -0.1) is 12.4 Å². The molecule has 17 heteroatoms. The first kappa shape index (κ1) is 62.5. The molecule has 0 aromatic heterocycles. The maximum atomic E-state index is 12.9. The minimum atomic E-state index is -1.71. The number of cyclic esters (lactones) is 1. The minimum Gasteiger partial charge on any atom is -0.454 e. The van der Waals surface area contributed by atoms with Gasteiger partial charge in [0, 0.05) is 25.6 Å². The van der Waals surface area contributed by atoms with Gasteiger partial charge in [0.05, 0.1) is 6.04 Å². The molecule has 74 heavy (non-hydrogen) atoms. The monoisotopic (exact) mass is 1040 g/mol. The van der Waals surface area contributed by atoms with E-state index in [4.69, 9.17) is 19.9 Å². The Hall–Kier alpha value is -5.79. The lowest BCUT2D eigenvalue weighted by molar-refractivity contribution is -0.151. The summed E-state index contributed by atoms with van der Waals surface area (Å²) in [6.45, 7) is 11.7. The van der Waals surface area contributed by atoms with Crippen LogP contribution in [0.15, 0.2) is 121 Å². The number of halogens is 1. The Kier molecular flexibility index (Phi) is 23.8. The van der Waals surface area contributed by atoms with Crippen molar-refractivity contribution in [3.8, 4) is 22.3 Å². The fourth-order valence-electron chi connectivity index (χ4n) is 8.05. The van der Waals surface area contributed by atoms with Crippen molar-refractivity contribution < 1.29 is 58.9 Å². The van der Waals surface area contributed by atoms with Gasteiger partial charge < -0.3 is 61.4 Å². The highest BCUT2D eigenvalue weighted by Crippen LogP contribution is 2.30. The molecule has 3 heterocycles. The number of nitrogens with two attached hydrogens (primary N) is 1. The molecule has 3 aliphatic heterocycles. The number of rotatable bonds is 12. The van der Waals surface area contributed by atoms with E-state index in [1.807, 2.05) is 120 Å². The Balaban J connectivity index is 0.000000319. The van der Waals surface area contributed by atoms with Crippen LogP contribution in [-0.2, 0) is 46.2 Å². The van der Waals surface area contributed by atoms with Crippen molar-refractivity contribution in [1.82, 2.24) is 5.32 Å². The first-order valence-electron chi connectivity index (χ1n) is 24.1. The molecule has 10 atom stereocenters. The molecule has 16 nitrogen and oxygen atoms in total. The van der Waals surface area contributed by atoms with Gasteiger partial charge in [-0.1, -0.05) is 146 Å². The summed E-state index contributed by atoms with van der Waals surface area (Å²) in [7, 11) is 2.53. The topological polar surface area (TPSA) is 259 Å². The van der Waals surface area contributed by atoms with Gasteiger partial charge in [-0.2, -0.15) is 0 Å². The van der Waals surface area contributed by atoms with Crippen molar-refractivity contribution in [2.75, 3.05) is 24.9 Å². The lowest BCUT2D eigenvalue weighted by Crippen LogP contribution is -2.55. The predicted molar refractivity (Wildman–Crippen MR) is 290 cm³/mol. The van der Waals surface area contributed by atoms with Crippen molar-refractivity contribution in [1.29, 1.82) is 0 Å². The number of amides is 3. The zero-order valence-electron chi connectivity index (χ0n) is 42.7. The number of hydrogen-bond donors (Lipinski definition) is 9. The number of ether oxygens (including phenoxy) is 3. The molecule has 1 saturated heterocycles. The first-order valence-corrected chi connectivity index (χ1v) is 24.1. The molecule has 7 rings (SSSR count). The minimum absolute atomic E-state index is 0. The largest absolute Gasteiger partial charge is 0.454 e. The summed E-state index contributed by atoms with van der Waals surface area (Å²) in [5, 5.41) is 59.1. The lowest BCUT2D eigenvalue weighted by atomic mass is 9.94. The number of esters is 1. The van der Waals surface area contributed by atoms with E-state index < -0.39 is 72.8 Å². The van der Waals surface area contributed by atoms with Crippen LogP contribution in [0.3, 0.4) is 0 Å². The van der Waals surface area contributed by atoms with Crippen molar-refractivity contribution in [2.24, 2.45) is 16.6 Å². The molecule has 0 bridgehead atoms. The Bertz CT molecular complexity index is 2510. The number of aliphatic hydroxyl groups excluding tert-OH is 5. The summed E-state index contributed by atoms with van der Waals surface area (Å²) >= 11 is 0. The molecule has 3 amide bonds. The summed E-state index contributed by atoms with van der Waals surface area (Å²) < 4.78 is 14.8. The molecule has 0 saturated carbocycles. The quantitative estimate of drug-likeness (QED) is 0.0559. The number of nitrogens with one attached hydrogen (secondary N) is 3. The Morgan fingerprint density at radius 2 is 1.20 bits per heavy atom. The number of carbonyl (C=O) groups is 4. The van der Waals surface area contributed by atoms with Gasteiger partial charge in [-0.05, 0) is 94.2 Å². The molecular weight excluding hydrogens is 968 g/mol. The summed E-state index contributed by atoms with van der Waals surface area (Å²) in [6, 6.07) is 30.8. The first-order chi connectivity index (χ1) is 34.0. The van der Waals surface area contributed by atoms with E-state index in [-0.39, 0.29) is 42.5 Å². The maximum Gasteiger partial charge on any atom is 0.338 e. The van der Waals surface area contributed by atoms with Crippen LogP contribution in [0.4, 0.5) is 11.4 Å². The number of aryl methyl sites for hydroxylation is 2. The highest BCUT2D eigenvalue weighted by Gasteiger charge is 2.47. The highest BCUT2D eigenvalue weighted by molar-refractivity contribution is 5.99. The van der Waals surface area contributed by atoms with Crippen LogP contribution in [-0.4, -0.2) is 124 Å². The zero-order chi connectivity index (χ0) is 52.9. The fraction of sp³-hybridized carbons (Fsp3) is 0.439. The van der Waals surface area contributed by atoms with Gasteiger partial charge in [0.2, 0.25) is 11.8 Å². The molecular formula is C57H77ClN4O12. The average molecular weight is 1050 g/mol. The standard InChI is InChI=1S/C28H36N2O6.C16H16N2O.C12H20O5.CH4.ClH/c1-28(2,3)15-14-22(31)23(32)24(33)25(36-4)27(35)30-21-13-11-19-16-18(17-8-6-5-7-9-17)10-12-20(19)29-26(21)34;17-14-8-6-13-10-12(11-4-2-1-3-5-11)7-9-15(13)18-16(14)19;1-12(2,3)6-5-7(13)9-8(14)10(16-4)11(15)17-9;;/h5-10,12,14-16,21-25,31-33H,11,13H2,1-4H3,(H,29,34)(H,30,35);1-5,7,9-10,14H,6,8,17H2,(H,18,19);5-10,13-14H,1-4H3;1H4;1H/b15-14+;;6-5+;;/t21-,22+,23-,24+,25+;14-;7-,8-,9+,10-;;/m001../s1. The number of methoxy groups -OCH3 is 2. The van der Waals surface area contributed by atoms with Gasteiger partial charge in [0.1, 0.15) is 36.6 Å². The molecule has 4 aromatic carbocycles. The highest BCUT2D eigenvalue weighted by atomic mass is 35.5. The van der Waals surface area contributed by atoms with Gasteiger partial charge in [-0.3, -0.25) is 14.4 Å². The third-order valence-corrected chi connectivity index (χ3v) is 12.2. The van der Waals surface area contributed by atoms with Crippen LogP contribution in [0.25, 0.3) is 22.3 Å². The number of carbonyl (C=O) groups excluding carboxylic acids is 4. The molecule has 1 fully saturated rings. The second-order valence-electron chi connectivity index (χ2n) is 20.3. The summed E-state index contributed by atoms with van der Waals surface area (Å²) in [6.07, 6.45) is -1.62. The smallest absolute Gasteiger partial charge is 0.338 e. The van der Waals surface area contributed by atoms with Crippen molar-refractivity contribution in [3.63, 3.8) is 0 Å². The normalized spacial score (nSPS) is 21.5. The van der Waals surface area contributed by atoms with E-state index >= 15 is 0 Å². The lowest BCUT2D eigenvalue weighted by Gasteiger charge is -2.28. The summed E-state index contributed by atoms with van der Waals surface area (Å²) in [5.41, 5.74) is 13.6. The zero-order valence-corrected chi connectivity index (χ0v) is 43.5. The third-order valence-electron chi connectivity index (χ3n) is 12.2. The van der Waals surface area contributed by atoms with E-state index in [9.17, 15) is 44.7 Å². The van der Waals surface area contributed by atoms with Crippen molar-refractivity contribution in [3.05, 3.63) is 132 Å². The third kappa shape index (κ3) is 17.7. The second-order valence-corrected chi connectivity index (χ2v) is 20.3.